The van der Waals surface area contributed by atoms with E-state index in [1.54, 1.807) is 37.5 Å². The van der Waals surface area contributed by atoms with Crippen LogP contribution in [-0.2, 0) is 13.2 Å². The smallest absolute Gasteiger partial charge is 0.126 e. The molecule has 0 saturated heterocycles. The van der Waals surface area contributed by atoms with Crippen molar-refractivity contribution in [1.29, 1.82) is 0 Å². The molecule has 0 radical (unpaired) electrons. The Morgan fingerprint density at radius 2 is 2.17 bits per heavy atom. The lowest BCUT2D eigenvalue weighted by molar-refractivity contribution is 0.282. The summed E-state index contributed by atoms with van der Waals surface area (Å²) in [4.78, 5) is 4.00. The summed E-state index contributed by atoms with van der Waals surface area (Å²) in [7, 11) is 0. The van der Waals surface area contributed by atoms with E-state index in [0.29, 0.717) is 12.1 Å². The Morgan fingerprint density at radius 3 is 2.89 bits per heavy atom. The van der Waals surface area contributed by atoms with Crippen LogP contribution in [0.4, 0.5) is 10.1 Å². The van der Waals surface area contributed by atoms with Crippen LogP contribution in [0, 0.1) is 12.7 Å². The molecular weight excluding hydrogens is 231 g/mol. The number of hydrogen-bond donors (Lipinski definition) is 2. The Kier molecular flexibility index (Phi) is 3.89. The minimum atomic E-state index is -0.198. The molecule has 2 rings (SSSR count). The second-order valence-electron chi connectivity index (χ2n) is 4.13. The molecule has 0 aliphatic carbocycles. The molecule has 0 fully saturated rings. The van der Waals surface area contributed by atoms with E-state index in [2.05, 4.69) is 10.3 Å². The normalized spacial score (nSPS) is 10.4. The molecule has 0 bridgehead atoms. The maximum Gasteiger partial charge on any atom is 0.126 e. The third-order valence-electron chi connectivity index (χ3n) is 2.79. The van der Waals surface area contributed by atoms with Crippen molar-refractivity contribution in [3.8, 4) is 0 Å². The van der Waals surface area contributed by atoms with Crippen LogP contribution in [0.1, 0.15) is 16.7 Å². The molecule has 0 amide bonds. The van der Waals surface area contributed by atoms with Gasteiger partial charge in [-0.15, -0.1) is 0 Å². The number of halogens is 1. The molecule has 0 unspecified atom stereocenters. The highest BCUT2D eigenvalue weighted by atomic mass is 19.1. The van der Waals surface area contributed by atoms with Crippen LogP contribution in [0.25, 0.3) is 0 Å². The summed E-state index contributed by atoms with van der Waals surface area (Å²) in [5.74, 6) is -0.198. The molecule has 0 aliphatic rings. The molecule has 1 aromatic heterocycles. The molecule has 2 N–H and O–H groups in total. The van der Waals surface area contributed by atoms with Gasteiger partial charge in [0.25, 0.3) is 0 Å². The van der Waals surface area contributed by atoms with E-state index >= 15 is 0 Å². The zero-order chi connectivity index (χ0) is 13.0. The van der Waals surface area contributed by atoms with Crippen LogP contribution in [0.5, 0.6) is 0 Å². The van der Waals surface area contributed by atoms with Crippen molar-refractivity contribution < 1.29 is 9.50 Å². The summed E-state index contributed by atoms with van der Waals surface area (Å²) in [6.45, 7) is 2.27. The van der Waals surface area contributed by atoms with Gasteiger partial charge in [0.2, 0.25) is 0 Å². The fourth-order valence-electron chi connectivity index (χ4n) is 1.73. The van der Waals surface area contributed by atoms with Crippen molar-refractivity contribution >= 4 is 5.69 Å². The molecule has 1 heterocycles. The van der Waals surface area contributed by atoms with Gasteiger partial charge in [-0.3, -0.25) is 4.98 Å². The summed E-state index contributed by atoms with van der Waals surface area (Å²) in [6, 6.07) is 6.77. The van der Waals surface area contributed by atoms with Gasteiger partial charge in [-0.05, 0) is 30.2 Å². The summed E-state index contributed by atoms with van der Waals surface area (Å²) in [5, 5.41) is 12.4. The number of aryl methyl sites for hydroxylation is 1. The number of anilines is 1. The zero-order valence-electron chi connectivity index (χ0n) is 10.2. The van der Waals surface area contributed by atoms with Crippen molar-refractivity contribution in [3.05, 3.63) is 59.2 Å². The summed E-state index contributed by atoms with van der Waals surface area (Å²) in [5.41, 5.74) is 3.20. The van der Waals surface area contributed by atoms with Crippen LogP contribution in [0.15, 0.2) is 36.7 Å². The lowest BCUT2D eigenvalue weighted by Gasteiger charge is -2.10. The number of rotatable bonds is 4. The van der Waals surface area contributed by atoms with Gasteiger partial charge in [0.15, 0.2) is 0 Å². The molecule has 0 atom stereocenters. The Bertz CT molecular complexity index is 543. The largest absolute Gasteiger partial charge is 0.392 e. The van der Waals surface area contributed by atoms with Crippen molar-refractivity contribution in [3.63, 3.8) is 0 Å². The van der Waals surface area contributed by atoms with Gasteiger partial charge in [0.05, 0.1) is 18.5 Å². The first-order valence-electron chi connectivity index (χ1n) is 5.73. The van der Waals surface area contributed by atoms with Gasteiger partial charge < -0.3 is 10.4 Å². The molecule has 3 nitrogen and oxygen atoms in total. The van der Waals surface area contributed by atoms with Crippen LogP contribution >= 0.6 is 0 Å². The zero-order valence-corrected chi connectivity index (χ0v) is 10.2. The maximum atomic E-state index is 13.1. The van der Waals surface area contributed by atoms with Crippen LogP contribution in [0.2, 0.25) is 0 Å². The lowest BCUT2D eigenvalue weighted by atomic mass is 10.1. The fraction of sp³-hybridized carbons (Fsp3) is 0.214. The van der Waals surface area contributed by atoms with Gasteiger partial charge in [-0.1, -0.05) is 12.1 Å². The van der Waals surface area contributed by atoms with Crippen LogP contribution in [-0.4, -0.2) is 10.1 Å². The molecule has 1 aromatic carbocycles. The number of nitrogens with zero attached hydrogens (tertiary/aromatic N) is 1. The lowest BCUT2D eigenvalue weighted by Crippen LogP contribution is -2.03. The molecular formula is C14H15FN2O. The fourth-order valence-corrected chi connectivity index (χ4v) is 1.73. The van der Waals surface area contributed by atoms with Gasteiger partial charge in [-0.25, -0.2) is 4.39 Å². The van der Waals surface area contributed by atoms with Gasteiger partial charge in [0, 0.05) is 18.3 Å². The van der Waals surface area contributed by atoms with Gasteiger partial charge in [0.1, 0.15) is 5.82 Å². The van der Waals surface area contributed by atoms with Crippen molar-refractivity contribution in [2.24, 2.45) is 0 Å². The topological polar surface area (TPSA) is 45.2 Å². The third-order valence-corrected chi connectivity index (χ3v) is 2.79. The van der Waals surface area contributed by atoms with E-state index in [1.807, 2.05) is 0 Å². The number of aromatic nitrogens is 1. The first kappa shape index (κ1) is 12.5. The highest BCUT2D eigenvalue weighted by molar-refractivity contribution is 5.49. The SMILES string of the molecule is Cc1cc(CNc2cnccc2CO)ccc1F. The highest BCUT2D eigenvalue weighted by Crippen LogP contribution is 2.15. The molecule has 2 aromatic rings. The van der Waals surface area contributed by atoms with Gasteiger partial charge >= 0.3 is 0 Å². The van der Waals surface area contributed by atoms with E-state index < -0.39 is 0 Å². The molecule has 4 heteroatoms. The van der Waals surface area contributed by atoms with Crippen molar-refractivity contribution in [2.45, 2.75) is 20.1 Å². The molecule has 18 heavy (non-hydrogen) atoms. The summed E-state index contributed by atoms with van der Waals surface area (Å²) < 4.78 is 13.1. The predicted molar refractivity (Wildman–Crippen MR) is 68.6 cm³/mol. The highest BCUT2D eigenvalue weighted by Gasteiger charge is 2.02. The third kappa shape index (κ3) is 2.84. The number of benzene rings is 1. The predicted octanol–water partition coefficient (Wildman–Crippen LogP) is 2.63. The number of aliphatic hydroxyl groups is 1. The number of aliphatic hydroxyl groups excluding tert-OH is 1. The van der Waals surface area contributed by atoms with Crippen molar-refractivity contribution in [2.75, 3.05) is 5.32 Å². The Balaban J connectivity index is 2.09. The minimum Gasteiger partial charge on any atom is -0.392 e. The summed E-state index contributed by atoms with van der Waals surface area (Å²) in [6.07, 6.45) is 3.31. The number of nitrogens with one attached hydrogen (secondary N) is 1. The molecule has 94 valence electrons. The van der Waals surface area contributed by atoms with E-state index in [4.69, 9.17) is 0 Å². The second kappa shape index (κ2) is 5.60. The molecule has 0 saturated carbocycles. The monoisotopic (exact) mass is 246 g/mol. The quantitative estimate of drug-likeness (QED) is 0.871. The van der Waals surface area contributed by atoms with Crippen molar-refractivity contribution in [1.82, 2.24) is 4.98 Å². The number of hydrogen-bond acceptors (Lipinski definition) is 3. The first-order chi connectivity index (χ1) is 8.70. The summed E-state index contributed by atoms with van der Waals surface area (Å²) >= 11 is 0. The van der Waals surface area contributed by atoms with Crippen LogP contribution < -0.4 is 5.32 Å². The molecule has 0 aliphatic heterocycles. The van der Waals surface area contributed by atoms with E-state index in [0.717, 1.165) is 16.8 Å². The Hall–Kier alpha value is -1.94. The van der Waals surface area contributed by atoms with Gasteiger partial charge in [-0.2, -0.15) is 0 Å². The average Bonchev–Trinajstić information content (AvgIpc) is 2.40. The minimum absolute atomic E-state index is 0.0344. The van der Waals surface area contributed by atoms with Crippen LogP contribution in [0.3, 0.4) is 0 Å². The Labute approximate surface area is 105 Å². The standard InChI is InChI=1S/C14H15FN2O/c1-10-6-11(2-3-13(10)15)7-17-14-8-16-5-4-12(14)9-18/h2-6,8,17-18H,7,9H2,1H3. The molecule has 0 spiro atoms. The van der Waals surface area contributed by atoms with E-state index in [9.17, 15) is 9.50 Å². The first-order valence-corrected chi connectivity index (χ1v) is 5.73. The van der Waals surface area contributed by atoms with E-state index in [1.165, 1.54) is 6.07 Å². The van der Waals surface area contributed by atoms with E-state index in [-0.39, 0.29) is 12.4 Å². The second-order valence-corrected chi connectivity index (χ2v) is 4.13. The average molecular weight is 246 g/mol. The Morgan fingerprint density at radius 1 is 1.33 bits per heavy atom. The maximum absolute atomic E-state index is 13.1. The number of pyridine rings is 1.